The van der Waals surface area contributed by atoms with Gasteiger partial charge in [-0.25, -0.2) is 5.01 Å². The van der Waals surface area contributed by atoms with E-state index in [1.165, 1.54) is 29.3 Å². The summed E-state index contributed by atoms with van der Waals surface area (Å²) in [7, 11) is -4.21. The zero-order chi connectivity index (χ0) is 28.4. The van der Waals surface area contributed by atoms with Crippen LogP contribution in [0.3, 0.4) is 0 Å². The molecule has 1 heterocycles. The lowest BCUT2D eigenvalue weighted by atomic mass is 9.86. The molecule has 0 bridgehead atoms. The van der Waals surface area contributed by atoms with E-state index in [4.69, 9.17) is 34.0 Å². The quantitative estimate of drug-likeness (QED) is 0.310. The van der Waals surface area contributed by atoms with Gasteiger partial charge in [-0.3, -0.25) is 4.79 Å². The van der Waals surface area contributed by atoms with Crippen LogP contribution in [-0.2, 0) is 14.8 Å². The number of sulfonamides is 1. The maximum Gasteiger partial charge on any atom is 0.285 e. The van der Waals surface area contributed by atoms with E-state index >= 15 is 0 Å². The summed E-state index contributed by atoms with van der Waals surface area (Å²) in [6.45, 7) is 5.72. The number of primary amides is 1. The predicted molar refractivity (Wildman–Crippen MR) is 156 cm³/mol. The summed E-state index contributed by atoms with van der Waals surface area (Å²) in [4.78, 5) is 12.4. The van der Waals surface area contributed by atoms with Crippen LogP contribution in [0.5, 0.6) is 0 Å². The molecule has 0 fully saturated rings. The SMILES string of the molecule is CC(C)(C)C(N/C(=N/S(=O)(=O)c1ccc(Cl)cc1)N1CC(c2ccccc2)C(c2ccc(Cl)cc2)=N1)C(N)=O. The molecule has 39 heavy (non-hydrogen) atoms. The third kappa shape index (κ3) is 6.79. The Morgan fingerprint density at radius 2 is 1.56 bits per heavy atom. The number of halogens is 2. The van der Waals surface area contributed by atoms with Crippen molar-refractivity contribution >= 4 is 50.8 Å². The second-order valence-corrected chi connectivity index (χ2v) is 12.7. The molecule has 0 radical (unpaired) electrons. The molecule has 0 saturated heterocycles. The highest BCUT2D eigenvalue weighted by Crippen LogP contribution is 2.30. The van der Waals surface area contributed by atoms with Gasteiger partial charge in [0.2, 0.25) is 11.9 Å². The summed E-state index contributed by atoms with van der Waals surface area (Å²) in [6, 6.07) is 21.7. The molecule has 0 saturated carbocycles. The van der Waals surface area contributed by atoms with Crippen molar-refractivity contribution in [2.75, 3.05) is 6.54 Å². The molecular formula is C28H29Cl2N5O3S. The van der Waals surface area contributed by atoms with Crippen molar-refractivity contribution in [2.24, 2.45) is 20.6 Å². The lowest BCUT2D eigenvalue weighted by Crippen LogP contribution is -2.55. The molecule has 3 aromatic carbocycles. The van der Waals surface area contributed by atoms with E-state index in [1.54, 1.807) is 12.1 Å². The Bertz CT molecular complexity index is 1500. The summed E-state index contributed by atoms with van der Waals surface area (Å²) in [5, 5.41) is 10.2. The highest BCUT2D eigenvalue weighted by Gasteiger charge is 2.36. The first-order valence-corrected chi connectivity index (χ1v) is 14.4. The number of carbonyl (C=O) groups is 1. The smallest absolute Gasteiger partial charge is 0.285 e. The third-order valence-electron chi connectivity index (χ3n) is 6.24. The zero-order valence-electron chi connectivity index (χ0n) is 21.7. The van der Waals surface area contributed by atoms with Crippen LogP contribution in [0.1, 0.15) is 37.8 Å². The average Bonchev–Trinajstić information content (AvgIpc) is 3.32. The van der Waals surface area contributed by atoms with Gasteiger partial charge in [0.25, 0.3) is 10.0 Å². The van der Waals surface area contributed by atoms with Gasteiger partial charge in [0.15, 0.2) is 0 Å². The van der Waals surface area contributed by atoms with Gasteiger partial charge in [0.1, 0.15) is 6.04 Å². The van der Waals surface area contributed by atoms with Crippen LogP contribution in [0.4, 0.5) is 0 Å². The van der Waals surface area contributed by atoms with E-state index in [2.05, 4.69) is 9.71 Å². The fourth-order valence-electron chi connectivity index (χ4n) is 4.23. The van der Waals surface area contributed by atoms with E-state index in [-0.39, 0.29) is 23.3 Å². The van der Waals surface area contributed by atoms with Gasteiger partial charge >= 0.3 is 0 Å². The number of nitrogens with zero attached hydrogens (tertiary/aromatic N) is 3. The highest BCUT2D eigenvalue weighted by molar-refractivity contribution is 7.90. The first-order chi connectivity index (χ1) is 18.3. The molecule has 0 aliphatic carbocycles. The monoisotopic (exact) mass is 585 g/mol. The molecule has 3 N–H and O–H groups in total. The maximum absolute atomic E-state index is 13.4. The Balaban J connectivity index is 1.84. The fraction of sp³-hybridized carbons (Fsp3) is 0.250. The minimum atomic E-state index is -4.21. The summed E-state index contributed by atoms with van der Waals surface area (Å²) in [6.07, 6.45) is 0. The largest absolute Gasteiger partial charge is 0.368 e. The van der Waals surface area contributed by atoms with E-state index < -0.39 is 27.4 Å². The van der Waals surface area contributed by atoms with Crippen molar-refractivity contribution in [1.29, 1.82) is 0 Å². The summed E-state index contributed by atoms with van der Waals surface area (Å²) in [5.41, 5.74) is 7.57. The number of benzene rings is 3. The number of carbonyl (C=O) groups excluding carboxylic acids is 1. The predicted octanol–water partition coefficient (Wildman–Crippen LogP) is 5.03. The number of rotatable bonds is 6. The van der Waals surface area contributed by atoms with E-state index in [1.807, 2.05) is 63.2 Å². The lowest BCUT2D eigenvalue weighted by Gasteiger charge is -2.31. The second kappa shape index (κ2) is 11.4. The molecule has 2 atom stereocenters. The summed E-state index contributed by atoms with van der Waals surface area (Å²) >= 11 is 12.1. The average molecular weight is 587 g/mol. The van der Waals surface area contributed by atoms with Crippen molar-refractivity contribution < 1.29 is 13.2 Å². The first-order valence-electron chi connectivity index (χ1n) is 12.2. The van der Waals surface area contributed by atoms with E-state index in [0.717, 1.165) is 11.1 Å². The van der Waals surface area contributed by atoms with Crippen LogP contribution in [-0.4, -0.2) is 43.6 Å². The van der Waals surface area contributed by atoms with Crippen molar-refractivity contribution in [3.63, 3.8) is 0 Å². The van der Waals surface area contributed by atoms with Crippen LogP contribution >= 0.6 is 23.2 Å². The molecule has 2 unspecified atom stereocenters. The van der Waals surface area contributed by atoms with E-state index in [0.29, 0.717) is 15.8 Å². The van der Waals surface area contributed by atoms with Gasteiger partial charge in [0.05, 0.1) is 17.2 Å². The molecule has 4 rings (SSSR count). The number of nitrogens with two attached hydrogens (primary N) is 1. The number of amides is 1. The molecule has 0 aromatic heterocycles. The van der Waals surface area contributed by atoms with Gasteiger partial charge in [-0.2, -0.15) is 13.5 Å². The normalized spacial score (nSPS) is 17.1. The number of hydrogen-bond donors (Lipinski definition) is 2. The van der Waals surface area contributed by atoms with Crippen LogP contribution in [0.2, 0.25) is 10.0 Å². The van der Waals surface area contributed by atoms with Crippen molar-refractivity contribution in [1.82, 2.24) is 10.3 Å². The minimum Gasteiger partial charge on any atom is -0.368 e. The Morgan fingerprint density at radius 1 is 1.00 bits per heavy atom. The Morgan fingerprint density at radius 3 is 2.10 bits per heavy atom. The molecule has 3 aromatic rings. The number of nitrogens with one attached hydrogen (secondary N) is 1. The molecule has 0 spiro atoms. The molecule has 204 valence electrons. The molecule has 8 nitrogen and oxygen atoms in total. The van der Waals surface area contributed by atoms with Crippen LogP contribution in [0, 0.1) is 5.41 Å². The zero-order valence-corrected chi connectivity index (χ0v) is 24.0. The number of hydrogen-bond acceptors (Lipinski definition) is 4. The van der Waals surface area contributed by atoms with Crippen LogP contribution in [0.25, 0.3) is 0 Å². The molecule has 1 amide bonds. The topological polar surface area (TPSA) is 117 Å². The molecule has 1 aliphatic heterocycles. The fourth-order valence-corrected chi connectivity index (χ4v) is 5.44. The summed E-state index contributed by atoms with van der Waals surface area (Å²) in [5.74, 6) is -0.993. The second-order valence-electron chi connectivity index (χ2n) is 10.2. The van der Waals surface area contributed by atoms with Crippen molar-refractivity contribution in [3.8, 4) is 0 Å². The van der Waals surface area contributed by atoms with Gasteiger partial charge in [-0.15, -0.1) is 4.40 Å². The number of hydrazone groups is 1. The van der Waals surface area contributed by atoms with Crippen LogP contribution < -0.4 is 11.1 Å². The highest BCUT2D eigenvalue weighted by atomic mass is 35.5. The van der Waals surface area contributed by atoms with E-state index in [9.17, 15) is 13.2 Å². The van der Waals surface area contributed by atoms with Crippen molar-refractivity contribution in [2.45, 2.75) is 37.6 Å². The van der Waals surface area contributed by atoms with Gasteiger partial charge in [-0.05, 0) is 52.9 Å². The minimum absolute atomic E-state index is 0.0571. The van der Waals surface area contributed by atoms with Crippen LogP contribution in [0.15, 0.2) is 93.3 Å². The lowest BCUT2D eigenvalue weighted by molar-refractivity contribution is -0.121. The third-order valence-corrected chi connectivity index (χ3v) is 8.03. The molecular weight excluding hydrogens is 557 g/mol. The van der Waals surface area contributed by atoms with Gasteiger partial charge in [-0.1, -0.05) is 86.4 Å². The van der Waals surface area contributed by atoms with Gasteiger partial charge in [0, 0.05) is 16.0 Å². The first kappa shape index (κ1) is 28.6. The standard InChI is InChI=1S/C28H29Cl2N5O3S/c1-28(2,3)25(26(31)36)32-27(34-39(37,38)22-15-13-21(30)14-16-22)35-17-23(18-7-5-4-6-8-18)24(33-35)19-9-11-20(29)12-10-19/h4-16,23,25H,17H2,1-3H3,(H2,31,36)(H,32,34). The Hall–Kier alpha value is -3.40. The van der Waals surface area contributed by atoms with Gasteiger partial charge < -0.3 is 11.1 Å². The maximum atomic E-state index is 13.4. The van der Waals surface area contributed by atoms with Crippen molar-refractivity contribution in [3.05, 3.63) is 100 Å². The number of guanidine groups is 1. The Labute approximate surface area is 238 Å². The molecule has 1 aliphatic rings. The Kier molecular flexibility index (Phi) is 8.34. The summed E-state index contributed by atoms with van der Waals surface area (Å²) < 4.78 is 30.9. The molecule has 11 heteroatoms.